The number of carbonyl (C=O) groups is 1. The molecular formula is C22H18ClN3O5. The molecule has 3 rings (SSSR count). The van der Waals surface area contributed by atoms with E-state index in [0.717, 1.165) is 5.56 Å². The zero-order valence-corrected chi connectivity index (χ0v) is 17.2. The molecule has 8 nitrogen and oxygen atoms in total. The molecule has 1 amide bonds. The van der Waals surface area contributed by atoms with Crippen molar-refractivity contribution in [3.8, 4) is 11.5 Å². The highest BCUT2D eigenvalue weighted by Gasteiger charge is 2.11. The number of nitrogens with zero attached hydrogens (tertiary/aromatic N) is 2. The van der Waals surface area contributed by atoms with E-state index in [1.807, 2.05) is 18.2 Å². The second kappa shape index (κ2) is 10.2. The number of hydrazone groups is 1. The van der Waals surface area contributed by atoms with Crippen LogP contribution in [-0.2, 0) is 6.61 Å². The number of nitro groups is 1. The SMILES string of the molecule is COc1ccc(/C=N/NC(=O)c2cccc([N+](=O)[O-])c2)cc1OCc1ccccc1Cl. The van der Waals surface area contributed by atoms with Crippen molar-refractivity contribution >= 4 is 29.4 Å². The predicted molar refractivity (Wildman–Crippen MR) is 117 cm³/mol. The quantitative estimate of drug-likeness (QED) is 0.314. The summed E-state index contributed by atoms with van der Waals surface area (Å²) in [5.41, 5.74) is 3.78. The number of ether oxygens (including phenoxy) is 2. The largest absolute Gasteiger partial charge is 0.493 e. The number of nitrogens with one attached hydrogen (secondary N) is 1. The average molecular weight is 440 g/mol. The van der Waals surface area contributed by atoms with E-state index in [1.165, 1.54) is 37.6 Å². The van der Waals surface area contributed by atoms with E-state index in [0.29, 0.717) is 22.1 Å². The van der Waals surface area contributed by atoms with Crippen LogP contribution in [0, 0.1) is 10.1 Å². The van der Waals surface area contributed by atoms with Gasteiger partial charge in [0.15, 0.2) is 11.5 Å². The second-order valence-corrected chi connectivity index (χ2v) is 6.70. The summed E-state index contributed by atoms with van der Waals surface area (Å²) >= 11 is 6.16. The maximum absolute atomic E-state index is 12.2. The highest BCUT2D eigenvalue weighted by Crippen LogP contribution is 2.29. The molecule has 9 heteroatoms. The maximum Gasteiger partial charge on any atom is 0.271 e. The monoisotopic (exact) mass is 439 g/mol. The van der Waals surface area contributed by atoms with Gasteiger partial charge in [0.1, 0.15) is 6.61 Å². The zero-order valence-electron chi connectivity index (χ0n) is 16.4. The molecule has 0 unspecified atom stereocenters. The zero-order chi connectivity index (χ0) is 22.2. The van der Waals surface area contributed by atoms with Gasteiger partial charge in [-0.3, -0.25) is 14.9 Å². The first-order valence-electron chi connectivity index (χ1n) is 9.10. The third kappa shape index (κ3) is 5.80. The van der Waals surface area contributed by atoms with E-state index in [1.54, 1.807) is 24.3 Å². The Labute approximate surface area is 183 Å². The Morgan fingerprint density at radius 3 is 2.68 bits per heavy atom. The fourth-order valence-electron chi connectivity index (χ4n) is 2.65. The van der Waals surface area contributed by atoms with Gasteiger partial charge in [-0.1, -0.05) is 35.9 Å². The molecule has 0 saturated carbocycles. The number of hydrogen-bond acceptors (Lipinski definition) is 6. The molecule has 0 fully saturated rings. The van der Waals surface area contributed by atoms with Crippen LogP contribution in [-0.4, -0.2) is 24.2 Å². The summed E-state index contributed by atoms with van der Waals surface area (Å²) < 4.78 is 11.2. The van der Waals surface area contributed by atoms with Gasteiger partial charge >= 0.3 is 0 Å². The van der Waals surface area contributed by atoms with E-state index >= 15 is 0 Å². The maximum atomic E-state index is 12.2. The molecule has 0 aliphatic heterocycles. The number of benzene rings is 3. The summed E-state index contributed by atoms with van der Waals surface area (Å²) in [6, 6.07) is 17.9. The van der Waals surface area contributed by atoms with Crippen LogP contribution in [0.2, 0.25) is 5.02 Å². The van der Waals surface area contributed by atoms with Crippen molar-refractivity contribution in [2.24, 2.45) is 5.10 Å². The van der Waals surface area contributed by atoms with Gasteiger partial charge in [0, 0.05) is 28.3 Å². The van der Waals surface area contributed by atoms with Crippen LogP contribution < -0.4 is 14.9 Å². The lowest BCUT2D eigenvalue weighted by atomic mass is 10.2. The van der Waals surface area contributed by atoms with Gasteiger partial charge < -0.3 is 9.47 Å². The van der Waals surface area contributed by atoms with E-state index in [4.69, 9.17) is 21.1 Å². The molecule has 31 heavy (non-hydrogen) atoms. The first kappa shape index (κ1) is 21.8. The Morgan fingerprint density at radius 1 is 1.13 bits per heavy atom. The second-order valence-electron chi connectivity index (χ2n) is 6.30. The molecule has 0 aromatic heterocycles. The highest BCUT2D eigenvalue weighted by molar-refractivity contribution is 6.31. The predicted octanol–water partition coefficient (Wildman–Crippen LogP) is 4.60. The van der Waals surface area contributed by atoms with Crippen molar-refractivity contribution in [1.82, 2.24) is 5.43 Å². The smallest absolute Gasteiger partial charge is 0.271 e. The number of hydrogen-bond donors (Lipinski definition) is 1. The van der Waals surface area contributed by atoms with Crippen LogP contribution >= 0.6 is 11.6 Å². The molecule has 0 bridgehead atoms. The molecule has 0 heterocycles. The van der Waals surface area contributed by atoms with Crippen molar-refractivity contribution in [2.75, 3.05) is 7.11 Å². The van der Waals surface area contributed by atoms with Gasteiger partial charge in [-0.05, 0) is 35.9 Å². The van der Waals surface area contributed by atoms with Crippen molar-refractivity contribution < 1.29 is 19.2 Å². The molecular weight excluding hydrogens is 422 g/mol. The number of carbonyl (C=O) groups excluding carboxylic acids is 1. The standard InChI is InChI=1S/C22H18ClN3O5/c1-30-20-10-9-15(11-21(20)31-14-17-5-2-3-8-19(17)23)13-24-25-22(27)16-6-4-7-18(12-16)26(28)29/h2-13H,14H2,1H3,(H,25,27)/b24-13+. The highest BCUT2D eigenvalue weighted by atomic mass is 35.5. The number of methoxy groups -OCH3 is 1. The topological polar surface area (TPSA) is 103 Å². The molecule has 3 aromatic rings. The molecule has 0 aliphatic carbocycles. The third-order valence-corrected chi connectivity index (χ3v) is 4.60. The summed E-state index contributed by atoms with van der Waals surface area (Å²) in [7, 11) is 1.53. The van der Waals surface area contributed by atoms with Crippen LogP contribution in [0.4, 0.5) is 5.69 Å². The molecule has 1 N–H and O–H groups in total. The molecule has 0 radical (unpaired) electrons. The molecule has 3 aromatic carbocycles. The van der Waals surface area contributed by atoms with Gasteiger partial charge in [0.05, 0.1) is 18.2 Å². The van der Waals surface area contributed by atoms with Gasteiger partial charge in [0.2, 0.25) is 0 Å². The number of rotatable bonds is 8. The number of non-ortho nitro benzene ring substituents is 1. The van der Waals surface area contributed by atoms with Gasteiger partial charge in [0.25, 0.3) is 11.6 Å². The lowest BCUT2D eigenvalue weighted by Gasteiger charge is -2.12. The first-order valence-corrected chi connectivity index (χ1v) is 9.48. The summed E-state index contributed by atoms with van der Waals surface area (Å²) in [5, 5.41) is 15.3. The van der Waals surface area contributed by atoms with E-state index < -0.39 is 10.8 Å². The lowest BCUT2D eigenvalue weighted by molar-refractivity contribution is -0.384. The van der Waals surface area contributed by atoms with E-state index in [2.05, 4.69) is 10.5 Å². The fraction of sp³-hybridized carbons (Fsp3) is 0.0909. The molecule has 0 aliphatic rings. The number of amides is 1. The molecule has 0 atom stereocenters. The van der Waals surface area contributed by atoms with Crippen LogP contribution in [0.1, 0.15) is 21.5 Å². The fourth-order valence-corrected chi connectivity index (χ4v) is 2.84. The van der Waals surface area contributed by atoms with Crippen LogP contribution in [0.15, 0.2) is 71.8 Å². The Balaban J connectivity index is 1.68. The minimum atomic E-state index is -0.568. The normalized spacial score (nSPS) is 10.6. The molecule has 0 spiro atoms. The summed E-state index contributed by atoms with van der Waals surface area (Å²) in [6.45, 7) is 0.250. The van der Waals surface area contributed by atoms with Crippen molar-refractivity contribution in [3.05, 3.63) is 98.6 Å². The minimum absolute atomic E-state index is 0.129. The summed E-state index contributed by atoms with van der Waals surface area (Å²) in [5.74, 6) is 0.449. The minimum Gasteiger partial charge on any atom is -0.493 e. The summed E-state index contributed by atoms with van der Waals surface area (Å²) in [6.07, 6.45) is 1.43. The van der Waals surface area contributed by atoms with Crippen LogP contribution in [0.3, 0.4) is 0 Å². The van der Waals surface area contributed by atoms with Crippen LogP contribution in [0.25, 0.3) is 0 Å². The lowest BCUT2D eigenvalue weighted by Crippen LogP contribution is -2.17. The number of halogens is 1. The Hall–Kier alpha value is -3.91. The third-order valence-electron chi connectivity index (χ3n) is 4.23. The Kier molecular flexibility index (Phi) is 7.18. The van der Waals surface area contributed by atoms with Crippen molar-refractivity contribution in [1.29, 1.82) is 0 Å². The first-order chi connectivity index (χ1) is 15.0. The van der Waals surface area contributed by atoms with Gasteiger partial charge in [-0.2, -0.15) is 5.10 Å². The summed E-state index contributed by atoms with van der Waals surface area (Å²) in [4.78, 5) is 22.4. The molecule has 158 valence electrons. The van der Waals surface area contributed by atoms with Gasteiger partial charge in [-0.25, -0.2) is 5.43 Å². The average Bonchev–Trinajstić information content (AvgIpc) is 2.78. The van der Waals surface area contributed by atoms with E-state index in [9.17, 15) is 14.9 Å². The van der Waals surface area contributed by atoms with Crippen LogP contribution in [0.5, 0.6) is 11.5 Å². The Morgan fingerprint density at radius 2 is 1.94 bits per heavy atom. The number of nitro benzene ring substituents is 1. The van der Waals surface area contributed by atoms with Crippen molar-refractivity contribution in [3.63, 3.8) is 0 Å². The van der Waals surface area contributed by atoms with Crippen molar-refractivity contribution in [2.45, 2.75) is 6.61 Å². The molecule has 0 saturated heterocycles. The Bertz CT molecular complexity index is 1130. The van der Waals surface area contributed by atoms with Gasteiger partial charge in [-0.15, -0.1) is 0 Å². The van der Waals surface area contributed by atoms with E-state index in [-0.39, 0.29) is 17.9 Å².